The molecule has 5 aromatic carbocycles. The van der Waals surface area contributed by atoms with Gasteiger partial charge in [0.2, 0.25) is 0 Å². The first kappa shape index (κ1) is 26.0. The highest BCUT2D eigenvalue weighted by molar-refractivity contribution is 6.02. The van der Waals surface area contributed by atoms with Gasteiger partial charge < -0.3 is 10.2 Å². The van der Waals surface area contributed by atoms with Crippen LogP contribution in [0.25, 0.3) is 44.3 Å². The fourth-order valence-electron chi connectivity index (χ4n) is 5.65. The number of phenols is 2. The number of aromatic hydroxyl groups is 2. The SMILES string of the molecule is Cc1cc(C)c(-c2cc(O)c3c(N=Cc4cc(-c5ccccc5)cc(-c5ccccc5O)n4)cccc3c2)c(C)c1. The molecule has 4 nitrogen and oxygen atoms in total. The van der Waals surface area contributed by atoms with Crippen LogP contribution < -0.4 is 0 Å². The van der Waals surface area contributed by atoms with Crippen molar-refractivity contribution in [3.8, 4) is 45.0 Å². The Bertz CT molecular complexity index is 1920. The number of fused-ring (bicyclic) bond motifs is 1. The zero-order chi connectivity index (χ0) is 28.5. The van der Waals surface area contributed by atoms with Crippen molar-refractivity contribution >= 4 is 22.7 Å². The van der Waals surface area contributed by atoms with Gasteiger partial charge in [0.05, 0.1) is 23.3 Å². The fraction of sp³-hybridized carbons (Fsp3) is 0.0811. The van der Waals surface area contributed by atoms with E-state index in [4.69, 9.17) is 9.98 Å². The van der Waals surface area contributed by atoms with Crippen LogP contribution in [0.3, 0.4) is 0 Å². The molecule has 0 atom stereocenters. The molecule has 0 aliphatic heterocycles. The topological polar surface area (TPSA) is 65.7 Å². The lowest BCUT2D eigenvalue weighted by atomic mass is 9.92. The average Bonchev–Trinajstić information content (AvgIpc) is 2.96. The summed E-state index contributed by atoms with van der Waals surface area (Å²) in [6.07, 6.45) is 1.71. The zero-order valence-electron chi connectivity index (χ0n) is 23.3. The molecule has 0 radical (unpaired) electrons. The maximum atomic E-state index is 11.2. The molecule has 0 amide bonds. The summed E-state index contributed by atoms with van der Waals surface area (Å²) in [4.78, 5) is 9.61. The van der Waals surface area contributed by atoms with E-state index >= 15 is 0 Å². The number of aryl methyl sites for hydroxylation is 3. The highest BCUT2D eigenvalue weighted by Gasteiger charge is 2.13. The lowest BCUT2D eigenvalue weighted by Crippen LogP contribution is -1.94. The molecule has 0 aliphatic rings. The number of hydrogen-bond acceptors (Lipinski definition) is 4. The van der Waals surface area contributed by atoms with Crippen molar-refractivity contribution in [1.82, 2.24) is 4.98 Å². The monoisotopic (exact) mass is 534 g/mol. The second kappa shape index (κ2) is 10.7. The number of pyridine rings is 1. The molecule has 1 heterocycles. The quantitative estimate of drug-likeness (QED) is 0.217. The Morgan fingerprint density at radius 3 is 2.12 bits per heavy atom. The molecule has 200 valence electrons. The maximum absolute atomic E-state index is 11.2. The van der Waals surface area contributed by atoms with Gasteiger partial charge >= 0.3 is 0 Å². The van der Waals surface area contributed by atoms with E-state index in [1.165, 1.54) is 16.7 Å². The lowest BCUT2D eigenvalue weighted by molar-refractivity contribution is 0.477. The molecular weight excluding hydrogens is 504 g/mol. The zero-order valence-corrected chi connectivity index (χ0v) is 23.3. The summed E-state index contributed by atoms with van der Waals surface area (Å²) in [5.41, 5.74) is 10.3. The van der Waals surface area contributed by atoms with Crippen LogP contribution in [0.15, 0.2) is 114 Å². The minimum absolute atomic E-state index is 0.168. The van der Waals surface area contributed by atoms with E-state index in [0.29, 0.717) is 28.0 Å². The summed E-state index contributed by atoms with van der Waals surface area (Å²) < 4.78 is 0. The second-order valence-electron chi connectivity index (χ2n) is 10.5. The van der Waals surface area contributed by atoms with E-state index in [-0.39, 0.29) is 11.5 Å². The number of hydrogen-bond donors (Lipinski definition) is 2. The largest absolute Gasteiger partial charge is 0.507 e. The summed E-state index contributed by atoms with van der Waals surface area (Å²) in [6.45, 7) is 6.32. The Morgan fingerprint density at radius 1 is 0.634 bits per heavy atom. The van der Waals surface area contributed by atoms with E-state index in [0.717, 1.165) is 27.6 Å². The van der Waals surface area contributed by atoms with E-state index in [2.05, 4.69) is 39.0 Å². The van der Waals surface area contributed by atoms with Crippen molar-refractivity contribution in [2.24, 2.45) is 4.99 Å². The summed E-state index contributed by atoms with van der Waals surface area (Å²) in [5, 5.41) is 23.4. The van der Waals surface area contributed by atoms with E-state index < -0.39 is 0 Å². The summed E-state index contributed by atoms with van der Waals surface area (Å²) in [7, 11) is 0. The molecule has 0 bridgehead atoms. The van der Waals surface area contributed by atoms with Gasteiger partial charge in [-0.25, -0.2) is 4.98 Å². The number of para-hydroxylation sites is 1. The molecule has 0 saturated carbocycles. The van der Waals surface area contributed by atoms with Crippen LogP contribution in [-0.2, 0) is 0 Å². The van der Waals surface area contributed by atoms with E-state index in [9.17, 15) is 10.2 Å². The molecule has 2 N–H and O–H groups in total. The van der Waals surface area contributed by atoms with Crippen molar-refractivity contribution in [3.05, 3.63) is 132 Å². The maximum Gasteiger partial charge on any atom is 0.126 e. The number of aliphatic imine (C=N–C) groups is 1. The average molecular weight is 535 g/mol. The van der Waals surface area contributed by atoms with Crippen molar-refractivity contribution in [2.45, 2.75) is 20.8 Å². The molecule has 41 heavy (non-hydrogen) atoms. The molecule has 1 aromatic heterocycles. The second-order valence-corrected chi connectivity index (χ2v) is 10.5. The molecular formula is C37H30N2O2. The standard InChI is InChI=1S/C37H30N2O2/c1-23-16-24(2)36(25(3)17-23)29-18-27-12-9-14-32(37(27)35(41)21-29)38-22-30-19-28(26-10-5-4-6-11-26)20-33(39-30)31-13-7-8-15-34(31)40/h4-22,40-41H,1-3H3. The lowest BCUT2D eigenvalue weighted by Gasteiger charge is -2.14. The van der Waals surface area contributed by atoms with Gasteiger partial charge in [-0.05, 0) is 102 Å². The first-order valence-electron chi connectivity index (χ1n) is 13.6. The normalized spacial score (nSPS) is 11.4. The van der Waals surface area contributed by atoms with Gasteiger partial charge in [-0.15, -0.1) is 0 Å². The van der Waals surface area contributed by atoms with Crippen LogP contribution in [0, 0.1) is 20.8 Å². The minimum atomic E-state index is 0.168. The molecule has 6 aromatic rings. The van der Waals surface area contributed by atoms with E-state index in [1.54, 1.807) is 18.3 Å². The van der Waals surface area contributed by atoms with Gasteiger partial charge in [-0.2, -0.15) is 0 Å². The number of phenolic OH excluding ortho intramolecular Hbond substituents is 2. The highest BCUT2D eigenvalue weighted by Crippen LogP contribution is 2.39. The minimum Gasteiger partial charge on any atom is -0.507 e. The van der Waals surface area contributed by atoms with Crippen molar-refractivity contribution in [1.29, 1.82) is 0 Å². The molecule has 0 saturated heterocycles. The van der Waals surface area contributed by atoms with Crippen molar-refractivity contribution in [2.75, 3.05) is 0 Å². The number of rotatable bonds is 5. The third-order valence-corrected chi connectivity index (χ3v) is 7.37. The van der Waals surface area contributed by atoms with Gasteiger partial charge in [0.1, 0.15) is 11.5 Å². The summed E-state index contributed by atoms with van der Waals surface area (Å²) >= 11 is 0. The fourth-order valence-corrected chi connectivity index (χ4v) is 5.65. The predicted molar refractivity (Wildman–Crippen MR) is 169 cm³/mol. The van der Waals surface area contributed by atoms with Crippen LogP contribution in [0.5, 0.6) is 11.5 Å². The van der Waals surface area contributed by atoms with Gasteiger partial charge in [0, 0.05) is 10.9 Å². The molecule has 0 spiro atoms. The van der Waals surface area contributed by atoms with Crippen LogP contribution in [0.1, 0.15) is 22.4 Å². The van der Waals surface area contributed by atoms with Gasteiger partial charge in [0.15, 0.2) is 0 Å². The molecule has 6 rings (SSSR count). The predicted octanol–water partition coefficient (Wildman–Crippen LogP) is 9.32. The van der Waals surface area contributed by atoms with Crippen molar-refractivity contribution in [3.63, 3.8) is 0 Å². The molecule has 0 aliphatic carbocycles. The number of nitrogens with zero attached hydrogens (tertiary/aromatic N) is 2. The Balaban J connectivity index is 1.45. The summed E-state index contributed by atoms with van der Waals surface area (Å²) in [6, 6.07) is 35.3. The Morgan fingerprint density at radius 2 is 1.37 bits per heavy atom. The van der Waals surface area contributed by atoms with Gasteiger partial charge in [-0.1, -0.05) is 72.3 Å². The van der Waals surface area contributed by atoms with Crippen LogP contribution in [0.4, 0.5) is 5.69 Å². The smallest absolute Gasteiger partial charge is 0.126 e. The summed E-state index contributed by atoms with van der Waals surface area (Å²) in [5.74, 6) is 0.354. The Labute approximate surface area is 240 Å². The number of benzene rings is 5. The molecule has 4 heteroatoms. The van der Waals surface area contributed by atoms with Gasteiger partial charge in [0.25, 0.3) is 0 Å². The Hall–Kier alpha value is -5.22. The van der Waals surface area contributed by atoms with Crippen LogP contribution in [0.2, 0.25) is 0 Å². The third kappa shape index (κ3) is 5.20. The first-order valence-corrected chi connectivity index (χ1v) is 13.6. The third-order valence-electron chi connectivity index (χ3n) is 7.37. The Kier molecular flexibility index (Phi) is 6.82. The number of aromatic nitrogens is 1. The van der Waals surface area contributed by atoms with Crippen LogP contribution in [-0.4, -0.2) is 21.4 Å². The van der Waals surface area contributed by atoms with Gasteiger partial charge in [-0.3, -0.25) is 4.99 Å². The van der Waals surface area contributed by atoms with Crippen LogP contribution >= 0.6 is 0 Å². The molecule has 0 fully saturated rings. The van der Waals surface area contributed by atoms with Crippen molar-refractivity contribution < 1.29 is 10.2 Å². The van der Waals surface area contributed by atoms with E-state index in [1.807, 2.05) is 78.9 Å². The first-order chi connectivity index (χ1) is 19.9. The highest BCUT2D eigenvalue weighted by atomic mass is 16.3. The molecule has 0 unspecified atom stereocenters.